The van der Waals surface area contributed by atoms with Gasteiger partial charge in [0.05, 0.1) is 0 Å². The van der Waals surface area contributed by atoms with Crippen molar-refractivity contribution in [3.63, 3.8) is 0 Å². The lowest BCUT2D eigenvalue weighted by Gasteiger charge is -2.13. The number of rotatable bonds is 0. The third-order valence-corrected chi connectivity index (χ3v) is 3.57. The van der Waals surface area contributed by atoms with E-state index in [2.05, 4.69) is 0 Å². The summed E-state index contributed by atoms with van der Waals surface area (Å²) in [5.41, 5.74) is 0. The normalized spacial score (nSPS) is 25.4. The van der Waals surface area contributed by atoms with E-state index in [1.807, 2.05) is 0 Å². The summed E-state index contributed by atoms with van der Waals surface area (Å²) in [7, 11) is 0. The van der Waals surface area contributed by atoms with Gasteiger partial charge in [0.2, 0.25) is 0 Å². The zero-order valence-corrected chi connectivity index (χ0v) is 12.7. The zero-order valence-electron chi connectivity index (χ0n) is 12.7. The minimum atomic E-state index is -0.345. The molecule has 0 radical (unpaired) electrons. The van der Waals surface area contributed by atoms with Gasteiger partial charge in [-0.05, 0) is 19.8 Å². The smallest absolute Gasteiger partial charge is 0.306 e. The molecule has 0 amide bonds. The van der Waals surface area contributed by atoms with Gasteiger partial charge in [-0.1, -0.05) is 44.9 Å². The van der Waals surface area contributed by atoms with Crippen LogP contribution in [-0.2, 0) is 19.1 Å². The van der Waals surface area contributed by atoms with Gasteiger partial charge in [0.1, 0.15) is 12.7 Å². The van der Waals surface area contributed by atoms with Gasteiger partial charge in [-0.2, -0.15) is 0 Å². The Morgan fingerprint density at radius 2 is 1.20 bits per heavy atom. The van der Waals surface area contributed by atoms with Crippen LogP contribution in [0.2, 0.25) is 0 Å². The van der Waals surface area contributed by atoms with Crippen molar-refractivity contribution in [2.75, 3.05) is 6.61 Å². The fourth-order valence-corrected chi connectivity index (χ4v) is 2.38. The molecule has 1 aliphatic rings. The lowest BCUT2D eigenvalue weighted by atomic mass is 10.1. The first-order chi connectivity index (χ1) is 9.68. The van der Waals surface area contributed by atoms with Gasteiger partial charge < -0.3 is 9.47 Å². The van der Waals surface area contributed by atoms with Crippen LogP contribution in [0.15, 0.2) is 0 Å². The highest BCUT2D eigenvalue weighted by Gasteiger charge is 2.12. The maximum atomic E-state index is 11.6. The van der Waals surface area contributed by atoms with Crippen molar-refractivity contribution in [3.8, 4) is 0 Å². The van der Waals surface area contributed by atoms with Gasteiger partial charge in [-0.25, -0.2) is 0 Å². The molecule has 0 aliphatic carbocycles. The van der Waals surface area contributed by atoms with E-state index < -0.39 is 0 Å². The van der Waals surface area contributed by atoms with Crippen molar-refractivity contribution in [1.82, 2.24) is 0 Å². The Kier molecular flexibility index (Phi) is 9.09. The van der Waals surface area contributed by atoms with Crippen molar-refractivity contribution < 1.29 is 19.1 Å². The molecule has 20 heavy (non-hydrogen) atoms. The number of carbonyl (C=O) groups excluding carboxylic acids is 2. The van der Waals surface area contributed by atoms with Crippen molar-refractivity contribution in [3.05, 3.63) is 0 Å². The number of esters is 2. The van der Waals surface area contributed by atoms with Crippen LogP contribution in [-0.4, -0.2) is 24.6 Å². The van der Waals surface area contributed by atoms with Gasteiger partial charge in [-0.15, -0.1) is 0 Å². The summed E-state index contributed by atoms with van der Waals surface area (Å²) >= 11 is 0. The molecule has 1 saturated heterocycles. The quantitative estimate of drug-likeness (QED) is 0.635. The third-order valence-electron chi connectivity index (χ3n) is 3.57. The van der Waals surface area contributed by atoms with Crippen molar-refractivity contribution in [1.29, 1.82) is 0 Å². The van der Waals surface area contributed by atoms with E-state index >= 15 is 0 Å². The molecule has 0 aromatic carbocycles. The molecule has 4 heteroatoms. The van der Waals surface area contributed by atoms with Crippen LogP contribution >= 0.6 is 0 Å². The van der Waals surface area contributed by atoms with Gasteiger partial charge >= 0.3 is 11.9 Å². The number of carbonyl (C=O) groups is 2. The summed E-state index contributed by atoms with van der Waals surface area (Å²) in [6.07, 6.45) is 10.7. The number of ether oxygens (including phenoxy) is 2. The van der Waals surface area contributed by atoms with E-state index in [-0.39, 0.29) is 24.6 Å². The molecule has 1 atom stereocenters. The molecule has 1 aliphatic heterocycles. The average molecular weight is 284 g/mol. The monoisotopic (exact) mass is 284 g/mol. The van der Waals surface area contributed by atoms with Crippen LogP contribution in [0.4, 0.5) is 0 Å². The van der Waals surface area contributed by atoms with Crippen molar-refractivity contribution in [2.45, 2.75) is 83.7 Å². The predicted octanol–water partition coefficient (Wildman–Crippen LogP) is 3.77. The summed E-state index contributed by atoms with van der Waals surface area (Å²) in [6, 6.07) is 0. The van der Waals surface area contributed by atoms with Crippen LogP contribution in [0.5, 0.6) is 0 Å². The summed E-state index contributed by atoms with van der Waals surface area (Å²) < 4.78 is 10.3. The highest BCUT2D eigenvalue weighted by molar-refractivity contribution is 5.70. The largest absolute Gasteiger partial charge is 0.462 e. The Morgan fingerprint density at radius 3 is 1.75 bits per heavy atom. The molecule has 0 aromatic rings. The number of hydrogen-bond acceptors (Lipinski definition) is 4. The highest BCUT2D eigenvalue weighted by atomic mass is 16.6. The van der Waals surface area contributed by atoms with Crippen LogP contribution in [0.3, 0.4) is 0 Å². The average Bonchev–Trinajstić information content (AvgIpc) is 2.41. The second kappa shape index (κ2) is 10.7. The number of hydrogen-bond donors (Lipinski definition) is 0. The molecule has 0 bridgehead atoms. The predicted molar refractivity (Wildman–Crippen MR) is 77.3 cm³/mol. The summed E-state index contributed by atoms with van der Waals surface area (Å²) in [4.78, 5) is 23.1. The van der Waals surface area contributed by atoms with Gasteiger partial charge in [0, 0.05) is 12.8 Å². The first-order valence-corrected chi connectivity index (χ1v) is 8.03. The summed E-state index contributed by atoms with van der Waals surface area (Å²) in [5.74, 6) is -0.366. The first-order valence-electron chi connectivity index (χ1n) is 8.03. The molecule has 0 N–H and O–H groups in total. The van der Waals surface area contributed by atoms with E-state index in [4.69, 9.17) is 9.47 Å². The fraction of sp³-hybridized carbons (Fsp3) is 0.875. The topological polar surface area (TPSA) is 52.6 Å². The van der Waals surface area contributed by atoms with Crippen LogP contribution in [0.1, 0.15) is 77.6 Å². The van der Waals surface area contributed by atoms with E-state index in [1.165, 1.54) is 32.1 Å². The van der Waals surface area contributed by atoms with E-state index in [0.29, 0.717) is 12.8 Å². The maximum absolute atomic E-state index is 11.6. The van der Waals surface area contributed by atoms with Gasteiger partial charge in [0.15, 0.2) is 0 Å². The van der Waals surface area contributed by atoms with Crippen molar-refractivity contribution >= 4 is 11.9 Å². The highest BCUT2D eigenvalue weighted by Crippen LogP contribution is 2.12. The van der Waals surface area contributed by atoms with Gasteiger partial charge in [0.25, 0.3) is 0 Å². The van der Waals surface area contributed by atoms with Crippen LogP contribution < -0.4 is 0 Å². The Balaban J connectivity index is 2.32. The molecular weight excluding hydrogens is 256 g/mol. The van der Waals surface area contributed by atoms with E-state index in [9.17, 15) is 9.59 Å². The first kappa shape index (κ1) is 17.0. The molecule has 116 valence electrons. The summed E-state index contributed by atoms with van der Waals surface area (Å²) in [6.45, 7) is 1.93. The minimum absolute atomic E-state index is 0.171. The summed E-state index contributed by atoms with van der Waals surface area (Å²) in [5, 5.41) is 0. The maximum Gasteiger partial charge on any atom is 0.306 e. The molecule has 4 nitrogen and oxygen atoms in total. The second-order valence-corrected chi connectivity index (χ2v) is 5.67. The molecule has 1 rings (SSSR count). The standard InChI is InChI=1S/C16H28O4/c1-14-13-19-15(17)11-9-7-5-3-2-4-6-8-10-12-16(18)20-14/h14H,2-13H2,1H3. The fourth-order valence-electron chi connectivity index (χ4n) is 2.38. The van der Waals surface area contributed by atoms with E-state index in [1.54, 1.807) is 6.92 Å². The number of cyclic esters (lactones) is 2. The molecule has 0 saturated carbocycles. The Bertz CT molecular complexity index is 288. The second-order valence-electron chi connectivity index (χ2n) is 5.67. The molecule has 1 unspecified atom stereocenters. The Hall–Kier alpha value is -1.06. The van der Waals surface area contributed by atoms with Crippen molar-refractivity contribution in [2.24, 2.45) is 0 Å². The SMILES string of the molecule is CC1COC(=O)CCCCCCCCCCCC(=O)O1. The molecular formula is C16H28O4. The molecule has 1 heterocycles. The van der Waals surface area contributed by atoms with Crippen LogP contribution in [0, 0.1) is 0 Å². The lowest BCUT2D eigenvalue weighted by Crippen LogP contribution is -2.22. The zero-order chi connectivity index (χ0) is 14.6. The molecule has 0 spiro atoms. The van der Waals surface area contributed by atoms with Gasteiger partial charge in [-0.3, -0.25) is 9.59 Å². The third kappa shape index (κ3) is 8.94. The Morgan fingerprint density at radius 1 is 0.750 bits per heavy atom. The lowest BCUT2D eigenvalue weighted by molar-refractivity contribution is -0.158. The minimum Gasteiger partial charge on any atom is -0.462 e. The molecule has 0 aromatic heterocycles. The van der Waals surface area contributed by atoms with Crippen LogP contribution in [0.25, 0.3) is 0 Å². The Labute approximate surface area is 122 Å². The van der Waals surface area contributed by atoms with E-state index in [0.717, 1.165) is 25.7 Å². The molecule has 1 fully saturated rings.